The Labute approximate surface area is 145 Å². The van der Waals surface area contributed by atoms with E-state index in [0.717, 1.165) is 38.5 Å². The highest BCUT2D eigenvalue weighted by molar-refractivity contribution is 5.77. The highest BCUT2D eigenvalue weighted by atomic mass is 16.5. The zero-order valence-corrected chi connectivity index (χ0v) is 14.5. The van der Waals surface area contributed by atoms with Crippen molar-refractivity contribution < 1.29 is 9.53 Å². The number of piperazine rings is 1. The fraction of sp³-hybridized carbons (Fsp3) is 0.550. The lowest BCUT2D eigenvalue weighted by molar-refractivity contribution is -0.135. The van der Waals surface area contributed by atoms with Gasteiger partial charge in [-0.05, 0) is 44.2 Å². The number of allylic oxidation sites excluding steroid dienone is 1. The van der Waals surface area contributed by atoms with Gasteiger partial charge in [-0.1, -0.05) is 29.8 Å². The molecular formula is C20H28N2O2. The van der Waals surface area contributed by atoms with Crippen molar-refractivity contribution in [2.24, 2.45) is 0 Å². The number of amides is 1. The van der Waals surface area contributed by atoms with Crippen molar-refractivity contribution in [1.82, 2.24) is 9.80 Å². The highest BCUT2D eigenvalue weighted by Gasteiger charge is 2.21. The van der Waals surface area contributed by atoms with Crippen LogP contribution in [0.2, 0.25) is 0 Å². The number of rotatable bonds is 6. The maximum Gasteiger partial charge on any atom is 0.260 e. The quantitative estimate of drug-likeness (QED) is 0.752. The van der Waals surface area contributed by atoms with E-state index in [1.807, 2.05) is 35.2 Å². The molecule has 1 aromatic rings. The van der Waals surface area contributed by atoms with Gasteiger partial charge in [0.2, 0.25) is 0 Å². The minimum absolute atomic E-state index is 0.0912. The second-order valence-corrected chi connectivity index (χ2v) is 6.68. The molecule has 1 saturated heterocycles. The van der Waals surface area contributed by atoms with Crippen molar-refractivity contribution in [3.63, 3.8) is 0 Å². The normalized spacial score (nSPS) is 19.0. The van der Waals surface area contributed by atoms with Crippen LogP contribution in [-0.4, -0.2) is 55.0 Å². The molecule has 1 amide bonds. The van der Waals surface area contributed by atoms with E-state index in [1.54, 1.807) is 5.57 Å². The SMILES string of the molecule is O=C(COc1ccccc1)N1CCN(CCC2=CCCCC2)CC1. The minimum atomic E-state index is 0.0912. The van der Waals surface area contributed by atoms with Gasteiger partial charge in [-0.3, -0.25) is 9.69 Å². The van der Waals surface area contributed by atoms with E-state index in [9.17, 15) is 4.79 Å². The highest BCUT2D eigenvalue weighted by Crippen LogP contribution is 2.20. The van der Waals surface area contributed by atoms with Gasteiger partial charge in [0.15, 0.2) is 6.61 Å². The number of hydrogen-bond donors (Lipinski definition) is 0. The van der Waals surface area contributed by atoms with E-state index in [0.29, 0.717) is 0 Å². The Kier molecular flexibility index (Phi) is 6.30. The average molecular weight is 328 g/mol. The van der Waals surface area contributed by atoms with Crippen molar-refractivity contribution in [3.05, 3.63) is 42.0 Å². The Balaban J connectivity index is 1.35. The molecule has 1 aromatic carbocycles. The van der Waals surface area contributed by atoms with Crippen molar-refractivity contribution >= 4 is 5.91 Å². The van der Waals surface area contributed by atoms with Crippen molar-refractivity contribution in [3.8, 4) is 5.75 Å². The van der Waals surface area contributed by atoms with Gasteiger partial charge in [0, 0.05) is 32.7 Å². The van der Waals surface area contributed by atoms with Crippen molar-refractivity contribution in [2.45, 2.75) is 32.1 Å². The second-order valence-electron chi connectivity index (χ2n) is 6.68. The van der Waals surface area contributed by atoms with Crippen LogP contribution in [0.15, 0.2) is 42.0 Å². The third-order valence-corrected chi connectivity index (χ3v) is 4.96. The maximum absolute atomic E-state index is 12.3. The smallest absolute Gasteiger partial charge is 0.260 e. The van der Waals surface area contributed by atoms with Crippen LogP contribution in [0.25, 0.3) is 0 Å². The molecule has 4 nitrogen and oxygen atoms in total. The molecule has 1 heterocycles. The molecule has 2 aliphatic rings. The van der Waals surface area contributed by atoms with Crippen LogP contribution in [0.5, 0.6) is 5.75 Å². The summed E-state index contributed by atoms with van der Waals surface area (Å²) in [6, 6.07) is 9.54. The molecule has 0 atom stereocenters. The third-order valence-electron chi connectivity index (χ3n) is 4.96. The van der Waals surface area contributed by atoms with Gasteiger partial charge < -0.3 is 9.64 Å². The van der Waals surface area contributed by atoms with Crippen LogP contribution < -0.4 is 4.74 Å². The summed E-state index contributed by atoms with van der Waals surface area (Å²) in [5.41, 5.74) is 1.64. The largest absolute Gasteiger partial charge is 0.484 e. The molecule has 0 unspecified atom stereocenters. The Hall–Kier alpha value is -1.81. The Morgan fingerprint density at radius 2 is 1.83 bits per heavy atom. The summed E-state index contributed by atoms with van der Waals surface area (Å²) < 4.78 is 5.56. The zero-order chi connectivity index (χ0) is 16.6. The van der Waals surface area contributed by atoms with Gasteiger partial charge in [-0.2, -0.15) is 0 Å². The molecule has 1 fully saturated rings. The lowest BCUT2D eigenvalue weighted by Gasteiger charge is -2.35. The summed E-state index contributed by atoms with van der Waals surface area (Å²) in [7, 11) is 0. The van der Waals surface area contributed by atoms with Crippen LogP contribution in [-0.2, 0) is 4.79 Å². The third kappa shape index (κ3) is 5.10. The van der Waals surface area contributed by atoms with Gasteiger partial charge in [0.1, 0.15) is 5.75 Å². The number of carbonyl (C=O) groups is 1. The standard InChI is InChI=1S/C20H28N2O2/c23-20(17-24-19-9-5-2-6-10-19)22-15-13-21(14-16-22)12-11-18-7-3-1-4-8-18/h2,5-7,9-10H,1,3-4,8,11-17H2. The van der Waals surface area contributed by atoms with E-state index < -0.39 is 0 Å². The van der Waals surface area contributed by atoms with E-state index in [4.69, 9.17) is 4.74 Å². The number of carbonyl (C=O) groups excluding carboxylic acids is 1. The summed E-state index contributed by atoms with van der Waals surface area (Å²) in [6.07, 6.45) is 8.90. The number of para-hydroxylation sites is 1. The van der Waals surface area contributed by atoms with Gasteiger partial charge in [0.05, 0.1) is 0 Å². The molecule has 0 aromatic heterocycles. The maximum atomic E-state index is 12.3. The zero-order valence-electron chi connectivity index (χ0n) is 14.5. The summed E-state index contributed by atoms with van der Waals surface area (Å²) >= 11 is 0. The fourth-order valence-electron chi connectivity index (χ4n) is 3.41. The molecule has 0 radical (unpaired) electrons. The number of benzene rings is 1. The van der Waals surface area contributed by atoms with E-state index >= 15 is 0 Å². The first-order valence-corrected chi connectivity index (χ1v) is 9.17. The Morgan fingerprint density at radius 3 is 2.54 bits per heavy atom. The Morgan fingerprint density at radius 1 is 1.04 bits per heavy atom. The summed E-state index contributed by atoms with van der Waals surface area (Å²) in [4.78, 5) is 16.7. The number of ether oxygens (including phenoxy) is 1. The van der Waals surface area contributed by atoms with Crippen molar-refractivity contribution in [1.29, 1.82) is 0 Å². The molecule has 130 valence electrons. The van der Waals surface area contributed by atoms with Crippen LogP contribution in [0.3, 0.4) is 0 Å². The molecule has 0 N–H and O–H groups in total. The molecule has 0 saturated carbocycles. The molecule has 24 heavy (non-hydrogen) atoms. The van der Waals surface area contributed by atoms with Gasteiger partial charge in [0.25, 0.3) is 5.91 Å². The van der Waals surface area contributed by atoms with E-state index in [1.165, 1.54) is 32.1 Å². The topological polar surface area (TPSA) is 32.8 Å². The molecular weight excluding hydrogens is 300 g/mol. The molecule has 1 aliphatic carbocycles. The van der Waals surface area contributed by atoms with Gasteiger partial charge in [-0.25, -0.2) is 0 Å². The summed E-state index contributed by atoms with van der Waals surface area (Å²) in [5.74, 6) is 0.846. The second kappa shape index (κ2) is 8.88. The molecule has 1 aliphatic heterocycles. The van der Waals surface area contributed by atoms with E-state index in [2.05, 4.69) is 11.0 Å². The lowest BCUT2D eigenvalue weighted by atomic mass is 9.97. The van der Waals surface area contributed by atoms with Gasteiger partial charge >= 0.3 is 0 Å². The fourth-order valence-corrected chi connectivity index (χ4v) is 3.41. The van der Waals surface area contributed by atoms with Crippen LogP contribution in [0.1, 0.15) is 32.1 Å². The predicted molar refractivity (Wildman–Crippen MR) is 96.1 cm³/mol. The van der Waals surface area contributed by atoms with Crippen LogP contribution >= 0.6 is 0 Å². The average Bonchev–Trinajstić information content (AvgIpc) is 2.66. The van der Waals surface area contributed by atoms with E-state index in [-0.39, 0.29) is 12.5 Å². The van der Waals surface area contributed by atoms with Crippen molar-refractivity contribution in [2.75, 3.05) is 39.3 Å². The lowest BCUT2D eigenvalue weighted by Crippen LogP contribution is -2.50. The minimum Gasteiger partial charge on any atom is -0.484 e. The molecule has 0 bridgehead atoms. The molecule has 3 rings (SSSR count). The summed E-state index contributed by atoms with van der Waals surface area (Å²) in [6.45, 7) is 4.85. The van der Waals surface area contributed by atoms with Gasteiger partial charge in [-0.15, -0.1) is 0 Å². The number of nitrogens with zero attached hydrogens (tertiary/aromatic N) is 2. The van der Waals surface area contributed by atoms with Crippen LogP contribution in [0, 0.1) is 0 Å². The first kappa shape index (κ1) is 17.0. The molecule has 4 heteroatoms. The summed E-state index contributed by atoms with van der Waals surface area (Å²) in [5, 5.41) is 0. The first-order chi connectivity index (χ1) is 11.8. The monoisotopic (exact) mass is 328 g/mol. The molecule has 0 spiro atoms. The van der Waals surface area contributed by atoms with Crippen LogP contribution in [0.4, 0.5) is 0 Å². The number of hydrogen-bond acceptors (Lipinski definition) is 3. The predicted octanol–water partition coefficient (Wildman–Crippen LogP) is 3.10. The Bertz CT molecular complexity index is 548. The first-order valence-electron chi connectivity index (χ1n) is 9.17.